The van der Waals surface area contributed by atoms with E-state index >= 15 is 0 Å². The fourth-order valence-corrected chi connectivity index (χ4v) is 3.31. The van der Waals surface area contributed by atoms with Crippen LogP contribution in [-0.2, 0) is 9.59 Å². The Morgan fingerprint density at radius 2 is 1.79 bits per heavy atom. The molecule has 6 heteroatoms. The van der Waals surface area contributed by atoms with Gasteiger partial charge in [-0.25, -0.2) is 0 Å². The predicted molar refractivity (Wildman–Crippen MR) is 110 cm³/mol. The van der Waals surface area contributed by atoms with Crippen molar-refractivity contribution < 1.29 is 14.3 Å². The highest BCUT2D eigenvalue weighted by Gasteiger charge is 2.22. The lowest BCUT2D eigenvalue weighted by Crippen LogP contribution is -2.52. The van der Waals surface area contributed by atoms with Gasteiger partial charge in [0.2, 0.25) is 5.91 Å². The smallest absolute Gasteiger partial charge is 0.260 e. The fourth-order valence-electron chi connectivity index (χ4n) is 3.31. The third kappa shape index (κ3) is 5.70. The molecular formula is C22H29N3O3. The first-order chi connectivity index (χ1) is 13.7. The Balaban J connectivity index is 1.40. The van der Waals surface area contributed by atoms with Crippen LogP contribution in [0.15, 0.2) is 42.5 Å². The molecule has 0 atom stereocenters. The van der Waals surface area contributed by atoms with Crippen LogP contribution in [0.25, 0.3) is 10.8 Å². The van der Waals surface area contributed by atoms with Crippen molar-refractivity contribution >= 4 is 22.6 Å². The molecule has 1 aliphatic heterocycles. The number of nitrogens with zero attached hydrogens (tertiary/aromatic N) is 2. The Morgan fingerprint density at radius 3 is 2.54 bits per heavy atom. The van der Waals surface area contributed by atoms with Crippen molar-refractivity contribution in [3.63, 3.8) is 0 Å². The normalized spacial score (nSPS) is 14.8. The number of carbonyl (C=O) groups excluding carboxylic acids is 2. The van der Waals surface area contributed by atoms with Crippen LogP contribution in [0, 0.1) is 0 Å². The second-order valence-corrected chi connectivity index (χ2v) is 7.16. The van der Waals surface area contributed by atoms with Crippen molar-refractivity contribution in [2.24, 2.45) is 0 Å². The van der Waals surface area contributed by atoms with Crippen LogP contribution in [-0.4, -0.2) is 67.5 Å². The maximum absolute atomic E-state index is 12.4. The van der Waals surface area contributed by atoms with E-state index in [1.807, 2.05) is 47.4 Å². The Kier molecular flexibility index (Phi) is 7.25. The summed E-state index contributed by atoms with van der Waals surface area (Å²) in [6.07, 6.45) is 2.08. The summed E-state index contributed by atoms with van der Waals surface area (Å²) in [5.74, 6) is 0.752. The average Bonchev–Trinajstić information content (AvgIpc) is 2.72. The maximum atomic E-state index is 12.4. The van der Waals surface area contributed by atoms with Crippen molar-refractivity contribution in [2.45, 2.75) is 19.8 Å². The number of hydrogen-bond donors (Lipinski definition) is 1. The lowest BCUT2D eigenvalue weighted by molar-refractivity contribution is -0.135. The van der Waals surface area contributed by atoms with E-state index in [4.69, 9.17) is 4.74 Å². The van der Waals surface area contributed by atoms with Gasteiger partial charge in [-0.2, -0.15) is 0 Å². The zero-order valence-electron chi connectivity index (χ0n) is 16.5. The molecule has 0 bridgehead atoms. The Morgan fingerprint density at radius 1 is 1.04 bits per heavy atom. The SMILES string of the molecule is CCCCNC(=O)CN1CCN(C(=O)COc2ccc3ccccc3c2)CC1. The van der Waals surface area contributed by atoms with E-state index in [1.54, 1.807) is 0 Å². The molecule has 1 heterocycles. The molecule has 1 aliphatic rings. The van der Waals surface area contributed by atoms with Crippen LogP contribution < -0.4 is 10.1 Å². The fraction of sp³-hybridized carbons (Fsp3) is 0.455. The molecule has 0 unspecified atom stereocenters. The molecule has 0 saturated carbocycles. The lowest BCUT2D eigenvalue weighted by atomic mass is 10.1. The second-order valence-electron chi connectivity index (χ2n) is 7.16. The molecular weight excluding hydrogens is 354 g/mol. The summed E-state index contributed by atoms with van der Waals surface area (Å²) >= 11 is 0. The van der Waals surface area contributed by atoms with E-state index in [0.717, 1.165) is 30.2 Å². The first-order valence-electron chi connectivity index (χ1n) is 10.0. The van der Waals surface area contributed by atoms with Gasteiger partial charge in [-0.15, -0.1) is 0 Å². The number of piperazine rings is 1. The van der Waals surface area contributed by atoms with E-state index in [0.29, 0.717) is 38.5 Å². The number of amides is 2. The molecule has 0 aliphatic carbocycles. The quantitative estimate of drug-likeness (QED) is 0.711. The zero-order chi connectivity index (χ0) is 19.8. The predicted octanol–water partition coefficient (Wildman–Crippen LogP) is 2.28. The molecule has 0 spiro atoms. The molecule has 2 aromatic rings. The minimum atomic E-state index is -0.0137. The zero-order valence-corrected chi connectivity index (χ0v) is 16.5. The summed E-state index contributed by atoms with van der Waals surface area (Å²) in [6, 6.07) is 13.9. The van der Waals surface area contributed by atoms with Gasteiger partial charge in [0.05, 0.1) is 6.54 Å². The summed E-state index contributed by atoms with van der Waals surface area (Å²) < 4.78 is 5.71. The van der Waals surface area contributed by atoms with Gasteiger partial charge in [-0.05, 0) is 29.3 Å². The maximum Gasteiger partial charge on any atom is 0.260 e. The number of unbranched alkanes of at least 4 members (excludes halogenated alkanes) is 1. The molecule has 6 nitrogen and oxygen atoms in total. The lowest BCUT2D eigenvalue weighted by Gasteiger charge is -2.34. The number of benzene rings is 2. The minimum absolute atomic E-state index is 0.0137. The van der Waals surface area contributed by atoms with Gasteiger partial charge in [-0.3, -0.25) is 14.5 Å². The second kappa shape index (κ2) is 10.1. The molecule has 0 radical (unpaired) electrons. The standard InChI is InChI=1S/C22H29N3O3/c1-2-3-10-23-21(26)16-24-11-13-25(14-12-24)22(27)17-28-20-9-8-18-6-4-5-7-19(18)15-20/h4-9,15H,2-3,10-14,16-17H2,1H3,(H,23,26). The largest absolute Gasteiger partial charge is 0.484 e. The number of rotatable bonds is 8. The van der Waals surface area contributed by atoms with Gasteiger partial charge in [0, 0.05) is 32.7 Å². The molecule has 3 rings (SSSR count). The van der Waals surface area contributed by atoms with E-state index in [-0.39, 0.29) is 18.4 Å². The molecule has 28 heavy (non-hydrogen) atoms. The molecule has 1 N–H and O–H groups in total. The Bertz CT molecular complexity index is 800. The first-order valence-corrected chi connectivity index (χ1v) is 10.0. The summed E-state index contributed by atoms with van der Waals surface area (Å²) in [6.45, 7) is 5.96. The Labute approximate surface area is 166 Å². The van der Waals surface area contributed by atoms with Crippen LogP contribution in [0.4, 0.5) is 0 Å². The molecule has 1 saturated heterocycles. The number of fused-ring (bicyclic) bond motifs is 1. The van der Waals surface area contributed by atoms with Crippen LogP contribution >= 0.6 is 0 Å². The van der Waals surface area contributed by atoms with Gasteiger partial charge in [0.1, 0.15) is 5.75 Å². The van der Waals surface area contributed by atoms with Crippen LogP contribution in [0.2, 0.25) is 0 Å². The van der Waals surface area contributed by atoms with Gasteiger partial charge in [-0.1, -0.05) is 43.7 Å². The first kappa shape index (κ1) is 20.1. The molecule has 150 valence electrons. The van der Waals surface area contributed by atoms with Gasteiger partial charge in [0.25, 0.3) is 5.91 Å². The summed E-state index contributed by atoms with van der Waals surface area (Å²) in [4.78, 5) is 28.2. The highest BCUT2D eigenvalue weighted by atomic mass is 16.5. The van der Waals surface area contributed by atoms with Gasteiger partial charge >= 0.3 is 0 Å². The van der Waals surface area contributed by atoms with E-state index in [2.05, 4.69) is 17.1 Å². The Hall–Kier alpha value is -2.60. The topological polar surface area (TPSA) is 61.9 Å². The van der Waals surface area contributed by atoms with Crippen molar-refractivity contribution in [3.8, 4) is 5.75 Å². The number of carbonyl (C=O) groups is 2. The summed E-state index contributed by atoms with van der Waals surface area (Å²) in [5.41, 5.74) is 0. The van der Waals surface area contributed by atoms with Gasteiger partial charge in [0.15, 0.2) is 6.61 Å². The van der Waals surface area contributed by atoms with Crippen LogP contribution in [0.5, 0.6) is 5.75 Å². The number of nitrogens with one attached hydrogen (secondary N) is 1. The van der Waals surface area contributed by atoms with Crippen molar-refractivity contribution in [1.29, 1.82) is 0 Å². The molecule has 2 amide bonds. The molecule has 0 aromatic heterocycles. The van der Waals surface area contributed by atoms with E-state index < -0.39 is 0 Å². The highest BCUT2D eigenvalue weighted by Crippen LogP contribution is 2.20. The number of ether oxygens (including phenoxy) is 1. The monoisotopic (exact) mass is 383 g/mol. The van der Waals surface area contributed by atoms with Crippen LogP contribution in [0.3, 0.4) is 0 Å². The summed E-state index contributed by atoms with van der Waals surface area (Å²) in [7, 11) is 0. The minimum Gasteiger partial charge on any atom is -0.484 e. The highest BCUT2D eigenvalue weighted by molar-refractivity contribution is 5.84. The average molecular weight is 383 g/mol. The molecule has 2 aromatic carbocycles. The third-order valence-electron chi connectivity index (χ3n) is 5.03. The van der Waals surface area contributed by atoms with Crippen LogP contribution in [0.1, 0.15) is 19.8 Å². The molecule has 1 fully saturated rings. The number of hydrogen-bond acceptors (Lipinski definition) is 4. The van der Waals surface area contributed by atoms with E-state index in [9.17, 15) is 9.59 Å². The third-order valence-corrected chi connectivity index (χ3v) is 5.03. The van der Waals surface area contributed by atoms with Gasteiger partial charge < -0.3 is 15.0 Å². The van der Waals surface area contributed by atoms with E-state index in [1.165, 1.54) is 0 Å². The summed E-state index contributed by atoms with van der Waals surface area (Å²) in [5, 5.41) is 5.18. The van der Waals surface area contributed by atoms with Crippen molar-refractivity contribution in [3.05, 3.63) is 42.5 Å². The van der Waals surface area contributed by atoms with Crippen molar-refractivity contribution in [2.75, 3.05) is 45.9 Å². The van der Waals surface area contributed by atoms with Crippen molar-refractivity contribution in [1.82, 2.24) is 15.1 Å².